The number of amides is 4. The van der Waals surface area contributed by atoms with Crippen molar-refractivity contribution in [3.63, 3.8) is 0 Å². The molecule has 3 rings (SSSR count). The number of benzene rings is 1. The number of hydrogen-bond donors (Lipinski definition) is 2. The molecule has 1 saturated heterocycles. The fourth-order valence-corrected chi connectivity index (χ4v) is 3.74. The van der Waals surface area contributed by atoms with E-state index in [9.17, 15) is 19.2 Å². The molecule has 0 atom stereocenters. The van der Waals surface area contributed by atoms with Crippen molar-refractivity contribution in [1.82, 2.24) is 9.88 Å². The van der Waals surface area contributed by atoms with Crippen LogP contribution >= 0.6 is 23.1 Å². The lowest BCUT2D eigenvalue weighted by Gasteiger charge is -2.11. The first-order valence-corrected chi connectivity index (χ1v) is 8.68. The Kier molecular flexibility index (Phi) is 4.49. The van der Waals surface area contributed by atoms with E-state index in [4.69, 9.17) is 0 Å². The summed E-state index contributed by atoms with van der Waals surface area (Å²) in [6.07, 6.45) is 0. The van der Waals surface area contributed by atoms with Crippen molar-refractivity contribution < 1.29 is 19.2 Å². The van der Waals surface area contributed by atoms with Gasteiger partial charge in [-0.3, -0.25) is 24.1 Å². The van der Waals surface area contributed by atoms with Crippen molar-refractivity contribution in [2.45, 2.75) is 6.92 Å². The van der Waals surface area contributed by atoms with Gasteiger partial charge in [0.2, 0.25) is 17.7 Å². The van der Waals surface area contributed by atoms with Crippen LogP contribution in [-0.2, 0) is 14.4 Å². The van der Waals surface area contributed by atoms with Crippen LogP contribution in [0.2, 0.25) is 0 Å². The summed E-state index contributed by atoms with van der Waals surface area (Å²) in [7, 11) is 0. The molecule has 24 heavy (non-hydrogen) atoms. The van der Waals surface area contributed by atoms with Crippen LogP contribution < -0.4 is 10.6 Å². The Morgan fingerprint density at radius 3 is 2.75 bits per heavy atom. The van der Waals surface area contributed by atoms with E-state index in [1.165, 1.54) is 18.3 Å². The van der Waals surface area contributed by atoms with Crippen LogP contribution in [0.3, 0.4) is 0 Å². The van der Waals surface area contributed by atoms with E-state index in [0.29, 0.717) is 16.3 Å². The first-order chi connectivity index (χ1) is 11.4. The van der Waals surface area contributed by atoms with Gasteiger partial charge >= 0.3 is 0 Å². The van der Waals surface area contributed by atoms with Crippen LogP contribution in [0.4, 0.5) is 15.6 Å². The first-order valence-electron chi connectivity index (χ1n) is 6.87. The molecule has 1 fully saturated rings. The van der Waals surface area contributed by atoms with Crippen LogP contribution in [0, 0.1) is 0 Å². The number of nitrogens with one attached hydrogen (secondary N) is 2. The molecule has 0 unspecified atom stereocenters. The molecule has 10 heteroatoms. The van der Waals surface area contributed by atoms with Crippen molar-refractivity contribution in [2.24, 2.45) is 0 Å². The van der Waals surface area contributed by atoms with Crippen LogP contribution in [0.25, 0.3) is 10.2 Å². The lowest BCUT2D eigenvalue weighted by Crippen LogP contribution is -2.36. The van der Waals surface area contributed by atoms with Crippen molar-refractivity contribution >= 4 is 67.1 Å². The number of carbonyl (C=O) groups is 4. The number of rotatable bonds is 4. The van der Waals surface area contributed by atoms with E-state index >= 15 is 0 Å². The zero-order valence-corrected chi connectivity index (χ0v) is 14.1. The molecule has 0 saturated carbocycles. The topological polar surface area (TPSA) is 108 Å². The van der Waals surface area contributed by atoms with Gasteiger partial charge in [0.05, 0.1) is 16.0 Å². The van der Waals surface area contributed by atoms with Crippen LogP contribution in [0.1, 0.15) is 6.92 Å². The highest BCUT2D eigenvalue weighted by Crippen LogP contribution is 2.28. The third-order valence-corrected chi connectivity index (χ3v) is 4.89. The Hall–Kier alpha value is -2.46. The molecule has 124 valence electrons. The third kappa shape index (κ3) is 3.54. The quantitative estimate of drug-likeness (QED) is 0.858. The second-order valence-electron chi connectivity index (χ2n) is 4.97. The second-order valence-corrected chi connectivity index (χ2v) is 6.92. The fraction of sp³-hybridized carbons (Fsp3) is 0.214. The molecule has 4 amide bonds. The average molecular weight is 364 g/mol. The van der Waals surface area contributed by atoms with Crippen molar-refractivity contribution in [3.8, 4) is 0 Å². The number of hydrogen-bond acceptors (Lipinski definition) is 7. The van der Waals surface area contributed by atoms with Crippen molar-refractivity contribution in [1.29, 1.82) is 0 Å². The van der Waals surface area contributed by atoms with Crippen LogP contribution in [0.5, 0.6) is 0 Å². The van der Waals surface area contributed by atoms with E-state index in [2.05, 4.69) is 15.6 Å². The summed E-state index contributed by atoms with van der Waals surface area (Å²) in [4.78, 5) is 51.2. The summed E-state index contributed by atoms with van der Waals surface area (Å²) < 4.78 is 0.792. The highest BCUT2D eigenvalue weighted by atomic mass is 32.2. The molecule has 1 aromatic heterocycles. The summed E-state index contributed by atoms with van der Waals surface area (Å²) in [5.41, 5.74) is 1.31. The van der Waals surface area contributed by atoms with E-state index in [1.807, 2.05) is 0 Å². The normalized spacial score (nSPS) is 14.3. The van der Waals surface area contributed by atoms with Gasteiger partial charge < -0.3 is 10.6 Å². The maximum absolute atomic E-state index is 12.0. The average Bonchev–Trinajstić information content (AvgIpc) is 3.03. The second kappa shape index (κ2) is 6.57. The minimum Gasteiger partial charge on any atom is -0.326 e. The minimum absolute atomic E-state index is 0.0686. The van der Waals surface area contributed by atoms with E-state index in [-0.39, 0.29) is 24.1 Å². The van der Waals surface area contributed by atoms with Gasteiger partial charge in [0.15, 0.2) is 5.13 Å². The number of carbonyl (C=O) groups excluding carboxylic acids is 4. The molecule has 2 N–H and O–H groups in total. The maximum Gasteiger partial charge on any atom is 0.289 e. The third-order valence-electron chi connectivity index (χ3n) is 3.10. The molecule has 2 aromatic rings. The Labute approximate surface area is 144 Å². The summed E-state index contributed by atoms with van der Waals surface area (Å²) >= 11 is 2.12. The van der Waals surface area contributed by atoms with Gasteiger partial charge in [-0.05, 0) is 18.2 Å². The molecule has 1 aliphatic rings. The monoisotopic (exact) mass is 364 g/mol. The number of imide groups is 1. The Morgan fingerprint density at radius 1 is 1.29 bits per heavy atom. The van der Waals surface area contributed by atoms with Gasteiger partial charge in [-0.25, -0.2) is 4.98 Å². The van der Waals surface area contributed by atoms with Gasteiger partial charge in [-0.1, -0.05) is 23.1 Å². The standard InChI is InChI=1S/C14H12N4O4S2/c1-7(19)15-8-2-3-9-10(4-8)24-13(16-9)17-11(20)5-18-12(21)6-23-14(18)22/h2-4H,5-6H2,1H3,(H,15,19)(H,16,17,20). The lowest BCUT2D eigenvalue weighted by molar-refractivity contribution is -0.128. The molecule has 0 bridgehead atoms. The predicted molar refractivity (Wildman–Crippen MR) is 92.1 cm³/mol. The van der Waals surface area contributed by atoms with Crippen molar-refractivity contribution in [3.05, 3.63) is 18.2 Å². The molecule has 8 nitrogen and oxygen atoms in total. The predicted octanol–water partition coefficient (Wildman–Crippen LogP) is 1.89. The van der Waals surface area contributed by atoms with Gasteiger partial charge in [0.1, 0.15) is 6.54 Å². The van der Waals surface area contributed by atoms with Gasteiger partial charge in [-0.15, -0.1) is 0 Å². The molecule has 1 aliphatic heterocycles. The smallest absolute Gasteiger partial charge is 0.289 e. The minimum atomic E-state index is -0.486. The zero-order chi connectivity index (χ0) is 17.3. The van der Waals surface area contributed by atoms with Gasteiger partial charge in [-0.2, -0.15) is 0 Å². The Balaban J connectivity index is 1.70. The first kappa shape index (κ1) is 16.4. The highest BCUT2D eigenvalue weighted by Gasteiger charge is 2.31. The Bertz CT molecular complexity index is 848. The van der Waals surface area contributed by atoms with E-state index in [0.717, 1.165) is 21.4 Å². The summed E-state index contributed by atoms with van der Waals surface area (Å²) in [6.45, 7) is 1.10. The molecular formula is C14H12N4O4S2. The van der Waals surface area contributed by atoms with Crippen molar-refractivity contribution in [2.75, 3.05) is 22.9 Å². The number of nitrogens with zero attached hydrogens (tertiary/aromatic N) is 2. The number of anilines is 2. The largest absolute Gasteiger partial charge is 0.326 e. The van der Waals surface area contributed by atoms with Gasteiger partial charge in [0.25, 0.3) is 5.24 Å². The summed E-state index contributed by atoms with van der Waals surface area (Å²) in [6, 6.07) is 5.21. The maximum atomic E-state index is 12.0. The lowest BCUT2D eigenvalue weighted by atomic mass is 10.3. The zero-order valence-electron chi connectivity index (χ0n) is 12.5. The molecule has 1 aromatic carbocycles. The van der Waals surface area contributed by atoms with E-state index < -0.39 is 11.1 Å². The Morgan fingerprint density at radius 2 is 2.08 bits per heavy atom. The van der Waals surface area contributed by atoms with Crippen LogP contribution in [0.15, 0.2) is 18.2 Å². The number of fused-ring (bicyclic) bond motifs is 1. The molecule has 0 aliphatic carbocycles. The number of thioether (sulfide) groups is 1. The molecule has 0 spiro atoms. The summed E-state index contributed by atoms with van der Waals surface area (Å²) in [5.74, 6) is -0.964. The van der Waals surface area contributed by atoms with E-state index in [1.54, 1.807) is 18.2 Å². The summed E-state index contributed by atoms with van der Waals surface area (Å²) in [5, 5.41) is 5.20. The SMILES string of the molecule is CC(=O)Nc1ccc2nc(NC(=O)CN3C(=O)CSC3=O)sc2c1. The molecule has 0 radical (unpaired) electrons. The molecule has 2 heterocycles. The van der Waals surface area contributed by atoms with Gasteiger partial charge in [0, 0.05) is 12.6 Å². The molecular weight excluding hydrogens is 352 g/mol. The highest BCUT2D eigenvalue weighted by molar-refractivity contribution is 8.14. The number of aromatic nitrogens is 1. The fourth-order valence-electron chi connectivity index (χ4n) is 2.10. The number of thiazole rings is 1. The van der Waals surface area contributed by atoms with Crippen LogP contribution in [-0.4, -0.2) is 45.1 Å².